The zero-order valence-corrected chi connectivity index (χ0v) is 12.2. The SMILES string of the molecule is CC(C)(c1ccc(C(C)(C(F)(F)F)C(F)(F)F)cc1)C(F)(F)F. The summed E-state index contributed by atoms with van der Waals surface area (Å²) in [4.78, 5) is 0. The van der Waals surface area contributed by atoms with Gasteiger partial charge in [-0.1, -0.05) is 24.3 Å². The maximum Gasteiger partial charge on any atom is 0.406 e. The molecular weight excluding hydrogens is 339 g/mol. The van der Waals surface area contributed by atoms with E-state index in [1.54, 1.807) is 0 Å². The van der Waals surface area contributed by atoms with Crippen molar-refractivity contribution < 1.29 is 39.5 Å². The summed E-state index contributed by atoms with van der Waals surface area (Å²) >= 11 is 0. The molecule has 1 aromatic rings. The van der Waals surface area contributed by atoms with Crippen LogP contribution in [0.15, 0.2) is 24.3 Å². The number of benzene rings is 1. The lowest BCUT2D eigenvalue weighted by atomic mass is 9.78. The van der Waals surface area contributed by atoms with Gasteiger partial charge in [-0.25, -0.2) is 0 Å². The Morgan fingerprint density at radius 1 is 0.522 bits per heavy atom. The summed E-state index contributed by atoms with van der Waals surface area (Å²) in [6.45, 7) is 1.53. The van der Waals surface area contributed by atoms with Gasteiger partial charge < -0.3 is 0 Å². The molecule has 0 saturated carbocycles. The minimum absolute atomic E-state index is 0.0447. The number of alkyl halides is 9. The van der Waals surface area contributed by atoms with E-state index < -0.39 is 40.5 Å². The van der Waals surface area contributed by atoms with Gasteiger partial charge in [-0.3, -0.25) is 0 Å². The molecule has 0 radical (unpaired) electrons. The Hall–Kier alpha value is -1.41. The Morgan fingerprint density at radius 2 is 0.826 bits per heavy atom. The largest absolute Gasteiger partial charge is 0.406 e. The van der Waals surface area contributed by atoms with Crippen LogP contribution in [0, 0.1) is 0 Å². The van der Waals surface area contributed by atoms with Crippen molar-refractivity contribution in [2.24, 2.45) is 0 Å². The first kappa shape index (κ1) is 19.6. The molecule has 0 aromatic heterocycles. The molecule has 0 atom stereocenters. The third-order valence-electron chi connectivity index (χ3n) is 4.03. The minimum atomic E-state index is -5.65. The van der Waals surface area contributed by atoms with Crippen molar-refractivity contribution in [3.05, 3.63) is 35.4 Å². The molecule has 0 saturated heterocycles. The lowest BCUT2D eigenvalue weighted by Gasteiger charge is -2.35. The Kier molecular flexibility index (Phi) is 4.53. The first-order valence-electron chi connectivity index (χ1n) is 6.27. The van der Waals surface area contributed by atoms with Crippen LogP contribution in [0.5, 0.6) is 0 Å². The van der Waals surface area contributed by atoms with Crippen LogP contribution < -0.4 is 0 Å². The van der Waals surface area contributed by atoms with Crippen molar-refractivity contribution in [3.8, 4) is 0 Å². The number of halogens is 9. The Morgan fingerprint density at radius 3 is 1.09 bits per heavy atom. The summed E-state index contributed by atoms with van der Waals surface area (Å²) in [5, 5.41) is 0. The van der Waals surface area contributed by atoms with Crippen LogP contribution in [0.3, 0.4) is 0 Å². The first-order valence-corrected chi connectivity index (χ1v) is 6.27. The van der Waals surface area contributed by atoms with E-state index in [4.69, 9.17) is 0 Å². The average Bonchev–Trinajstić information content (AvgIpc) is 2.33. The average molecular weight is 352 g/mol. The fourth-order valence-corrected chi connectivity index (χ4v) is 1.87. The molecule has 0 unspecified atom stereocenters. The summed E-state index contributed by atoms with van der Waals surface area (Å²) in [7, 11) is 0. The van der Waals surface area contributed by atoms with Crippen molar-refractivity contribution in [2.75, 3.05) is 0 Å². The maximum atomic E-state index is 12.9. The fourth-order valence-electron chi connectivity index (χ4n) is 1.87. The highest BCUT2D eigenvalue weighted by Gasteiger charge is 2.68. The van der Waals surface area contributed by atoms with E-state index in [0.717, 1.165) is 13.8 Å². The second-order valence-corrected chi connectivity index (χ2v) is 5.82. The molecule has 23 heavy (non-hydrogen) atoms. The molecule has 0 aliphatic heterocycles. The second-order valence-electron chi connectivity index (χ2n) is 5.82. The van der Waals surface area contributed by atoms with Gasteiger partial charge in [-0.15, -0.1) is 0 Å². The lowest BCUT2D eigenvalue weighted by Crippen LogP contribution is -2.51. The highest BCUT2D eigenvalue weighted by atomic mass is 19.4. The first-order chi connectivity index (χ1) is 9.96. The van der Waals surface area contributed by atoms with Crippen LogP contribution in [0.25, 0.3) is 0 Å². The van der Waals surface area contributed by atoms with Crippen molar-refractivity contribution >= 4 is 0 Å². The summed E-state index contributed by atoms with van der Waals surface area (Å²) in [5.74, 6) is 0. The van der Waals surface area contributed by atoms with Crippen molar-refractivity contribution in [2.45, 2.75) is 50.1 Å². The maximum absolute atomic E-state index is 12.9. The smallest absolute Gasteiger partial charge is 0.170 e. The van der Waals surface area contributed by atoms with Crippen LogP contribution in [0.4, 0.5) is 39.5 Å². The van der Waals surface area contributed by atoms with Crippen LogP contribution >= 0.6 is 0 Å². The number of hydrogen-bond donors (Lipinski definition) is 0. The van der Waals surface area contributed by atoms with Crippen LogP contribution in [0.1, 0.15) is 31.9 Å². The molecule has 1 rings (SSSR count). The third-order valence-corrected chi connectivity index (χ3v) is 4.03. The van der Waals surface area contributed by atoms with Crippen LogP contribution in [-0.2, 0) is 10.8 Å². The molecule has 9 heteroatoms. The van der Waals surface area contributed by atoms with E-state index >= 15 is 0 Å². The molecule has 1 aromatic carbocycles. The second kappa shape index (κ2) is 5.31. The molecule has 0 N–H and O–H groups in total. The lowest BCUT2D eigenvalue weighted by molar-refractivity contribution is -0.297. The summed E-state index contributed by atoms with van der Waals surface area (Å²) < 4.78 is 116. The van der Waals surface area contributed by atoms with Gasteiger partial charge in [-0.2, -0.15) is 39.5 Å². The monoisotopic (exact) mass is 352 g/mol. The molecule has 132 valence electrons. The standard InChI is InChI=1S/C14H13F9/c1-10(2,12(15,16)17)8-4-6-9(7-5-8)11(3,13(18,19)20)14(21,22)23/h4-7H,1-3H3. The molecule has 0 nitrogen and oxygen atoms in total. The number of hydrogen-bond acceptors (Lipinski definition) is 0. The van der Waals surface area contributed by atoms with Crippen molar-refractivity contribution in [3.63, 3.8) is 0 Å². The number of rotatable bonds is 2. The Bertz CT molecular complexity index is 530. The molecule has 0 spiro atoms. The highest BCUT2D eigenvalue weighted by Crippen LogP contribution is 2.52. The Labute approximate surface area is 126 Å². The molecule has 0 aliphatic rings. The van der Waals surface area contributed by atoms with Gasteiger partial charge in [-0.05, 0) is 31.9 Å². The summed E-state index contributed by atoms with van der Waals surface area (Å²) in [6.07, 6.45) is -16.0. The summed E-state index contributed by atoms with van der Waals surface area (Å²) in [6, 6.07) is 2.14. The van der Waals surface area contributed by atoms with E-state index in [-0.39, 0.29) is 6.92 Å². The normalized spacial score (nSPS) is 15.0. The van der Waals surface area contributed by atoms with Gasteiger partial charge in [0.2, 0.25) is 0 Å². The fraction of sp³-hybridized carbons (Fsp3) is 0.571. The van der Waals surface area contributed by atoms with Crippen LogP contribution in [-0.4, -0.2) is 18.5 Å². The van der Waals surface area contributed by atoms with Gasteiger partial charge in [0.1, 0.15) is 0 Å². The van der Waals surface area contributed by atoms with Crippen LogP contribution in [0.2, 0.25) is 0 Å². The molecule has 0 amide bonds. The van der Waals surface area contributed by atoms with Gasteiger partial charge in [0.05, 0.1) is 5.41 Å². The van der Waals surface area contributed by atoms with Gasteiger partial charge in [0.25, 0.3) is 0 Å². The molecule has 0 fully saturated rings. The molecule has 0 heterocycles. The van der Waals surface area contributed by atoms with E-state index in [9.17, 15) is 39.5 Å². The Balaban J connectivity index is 3.43. The minimum Gasteiger partial charge on any atom is -0.170 e. The summed E-state index contributed by atoms with van der Waals surface area (Å²) in [5.41, 5.74) is -8.17. The zero-order chi connectivity index (χ0) is 18.5. The molecule has 0 aliphatic carbocycles. The van der Waals surface area contributed by atoms with Crippen molar-refractivity contribution in [1.29, 1.82) is 0 Å². The topological polar surface area (TPSA) is 0 Å². The van der Waals surface area contributed by atoms with Gasteiger partial charge in [0.15, 0.2) is 5.41 Å². The zero-order valence-electron chi connectivity index (χ0n) is 12.2. The molecule has 0 bridgehead atoms. The highest BCUT2D eigenvalue weighted by molar-refractivity contribution is 5.35. The van der Waals surface area contributed by atoms with E-state index in [0.29, 0.717) is 24.3 Å². The predicted molar refractivity (Wildman–Crippen MR) is 65.0 cm³/mol. The van der Waals surface area contributed by atoms with Gasteiger partial charge in [0, 0.05) is 0 Å². The van der Waals surface area contributed by atoms with Gasteiger partial charge >= 0.3 is 18.5 Å². The quantitative estimate of drug-likeness (QED) is 0.581. The van der Waals surface area contributed by atoms with E-state index in [1.165, 1.54) is 0 Å². The van der Waals surface area contributed by atoms with Crippen molar-refractivity contribution in [1.82, 2.24) is 0 Å². The predicted octanol–water partition coefficient (Wildman–Crippen LogP) is 5.91. The van der Waals surface area contributed by atoms with E-state index in [1.807, 2.05) is 0 Å². The molecular formula is C14H13F9. The van der Waals surface area contributed by atoms with E-state index in [2.05, 4.69) is 0 Å². The third kappa shape index (κ3) is 3.14.